The third kappa shape index (κ3) is 0.367. The topological polar surface area (TPSA) is 20.2 Å². The maximum absolute atomic E-state index is 8.95. The predicted octanol–water partition coefficient (Wildman–Crippen LogP) is 0.777. The molecule has 0 radical (unpaired) electrons. The number of aliphatic hydroxyl groups is 1. The van der Waals surface area contributed by atoms with Crippen LogP contribution >= 0.6 is 0 Å². The van der Waals surface area contributed by atoms with Crippen LogP contribution in [0.15, 0.2) is 0 Å². The fourth-order valence-corrected chi connectivity index (χ4v) is 1.78. The molecule has 0 bridgehead atoms. The lowest BCUT2D eigenvalue weighted by Gasteiger charge is -1.89. The highest BCUT2D eigenvalue weighted by Gasteiger charge is 2.51. The molecular formula is C6H10O. The van der Waals surface area contributed by atoms with Crippen molar-refractivity contribution in [2.24, 2.45) is 11.8 Å². The normalized spacial score (nSPS) is 57.0. The molecular weight excluding hydrogens is 88.1 g/mol. The number of aliphatic hydroxyl groups excluding tert-OH is 1. The lowest BCUT2D eigenvalue weighted by atomic mass is 10.2. The number of hydrogen-bond donors (Lipinski definition) is 1. The van der Waals surface area contributed by atoms with Gasteiger partial charge in [0.1, 0.15) is 0 Å². The summed E-state index contributed by atoms with van der Waals surface area (Å²) in [5.41, 5.74) is 0. The lowest BCUT2D eigenvalue weighted by molar-refractivity contribution is 0.233. The first-order valence-electron chi connectivity index (χ1n) is 3.07. The molecule has 2 aliphatic rings. The summed E-state index contributed by atoms with van der Waals surface area (Å²) in [6, 6.07) is 0. The summed E-state index contributed by atoms with van der Waals surface area (Å²) in [6.07, 6.45) is 4.08. The average Bonchev–Trinajstić information content (AvgIpc) is 2.26. The Hall–Kier alpha value is -0.0400. The van der Waals surface area contributed by atoms with E-state index in [4.69, 9.17) is 5.11 Å². The van der Waals surface area contributed by atoms with Gasteiger partial charge in [-0.1, -0.05) is 6.42 Å². The maximum atomic E-state index is 8.95. The van der Waals surface area contributed by atoms with Gasteiger partial charge in [-0.2, -0.15) is 0 Å². The van der Waals surface area contributed by atoms with Crippen LogP contribution in [0.4, 0.5) is 0 Å². The zero-order valence-electron chi connectivity index (χ0n) is 4.30. The summed E-state index contributed by atoms with van der Waals surface area (Å²) in [6.45, 7) is 0. The molecule has 0 aromatic rings. The summed E-state index contributed by atoms with van der Waals surface area (Å²) >= 11 is 0. The lowest BCUT2D eigenvalue weighted by Crippen LogP contribution is -1.88. The monoisotopic (exact) mass is 98.1 g/mol. The summed E-state index contributed by atoms with van der Waals surface area (Å²) in [5, 5.41) is 8.95. The molecule has 1 unspecified atom stereocenters. The van der Waals surface area contributed by atoms with Crippen molar-refractivity contribution in [2.75, 3.05) is 0 Å². The van der Waals surface area contributed by atoms with Gasteiger partial charge >= 0.3 is 0 Å². The Labute approximate surface area is 43.3 Å². The Morgan fingerprint density at radius 2 is 1.71 bits per heavy atom. The van der Waals surface area contributed by atoms with Crippen LogP contribution in [-0.4, -0.2) is 11.2 Å². The molecule has 2 fully saturated rings. The number of rotatable bonds is 0. The minimum Gasteiger partial charge on any atom is -0.393 e. The molecule has 2 saturated carbocycles. The second-order valence-electron chi connectivity index (χ2n) is 2.75. The highest BCUT2D eigenvalue weighted by Crippen LogP contribution is 2.51. The van der Waals surface area contributed by atoms with Crippen molar-refractivity contribution in [2.45, 2.75) is 25.4 Å². The van der Waals surface area contributed by atoms with Crippen LogP contribution in [0.1, 0.15) is 19.3 Å². The van der Waals surface area contributed by atoms with E-state index in [1.165, 1.54) is 19.3 Å². The van der Waals surface area contributed by atoms with Crippen molar-refractivity contribution in [1.29, 1.82) is 0 Å². The first-order chi connectivity index (χ1) is 3.39. The minimum atomic E-state index is 0.119. The van der Waals surface area contributed by atoms with Gasteiger partial charge in [-0.15, -0.1) is 0 Å². The fraction of sp³-hybridized carbons (Fsp3) is 1.00. The first-order valence-corrected chi connectivity index (χ1v) is 3.07. The van der Waals surface area contributed by atoms with E-state index in [1.807, 2.05) is 0 Å². The molecule has 1 nitrogen and oxygen atoms in total. The molecule has 0 aliphatic heterocycles. The quantitative estimate of drug-likeness (QED) is 0.474. The van der Waals surface area contributed by atoms with E-state index < -0.39 is 0 Å². The van der Waals surface area contributed by atoms with Gasteiger partial charge < -0.3 is 5.11 Å². The Balaban J connectivity index is 2.06. The molecule has 0 heterocycles. The second-order valence-corrected chi connectivity index (χ2v) is 2.75. The van der Waals surface area contributed by atoms with Gasteiger partial charge in [0.25, 0.3) is 0 Å². The maximum Gasteiger partial charge on any atom is 0.0603 e. The number of fused-ring (bicyclic) bond motifs is 1. The summed E-state index contributed by atoms with van der Waals surface area (Å²) in [4.78, 5) is 0. The standard InChI is InChI=1S/C6H10O/c7-6-4-2-1-3-5(4)6/h4-7H,1-3H2/t4-,5+,6?. The van der Waals surface area contributed by atoms with Gasteiger partial charge in [0.15, 0.2) is 0 Å². The van der Waals surface area contributed by atoms with Crippen LogP contribution in [-0.2, 0) is 0 Å². The molecule has 0 aromatic heterocycles. The predicted molar refractivity (Wildman–Crippen MR) is 26.8 cm³/mol. The van der Waals surface area contributed by atoms with Crippen molar-refractivity contribution in [3.8, 4) is 0 Å². The van der Waals surface area contributed by atoms with Crippen molar-refractivity contribution >= 4 is 0 Å². The van der Waals surface area contributed by atoms with Gasteiger partial charge in [0.05, 0.1) is 6.10 Å². The van der Waals surface area contributed by atoms with Crippen LogP contribution in [0, 0.1) is 11.8 Å². The third-order valence-electron chi connectivity index (χ3n) is 2.36. The van der Waals surface area contributed by atoms with Gasteiger partial charge in [0.2, 0.25) is 0 Å². The average molecular weight is 98.1 g/mol. The molecule has 7 heavy (non-hydrogen) atoms. The second kappa shape index (κ2) is 1.03. The molecule has 3 atom stereocenters. The molecule has 1 N–H and O–H groups in total. The van der Waals surface area contributed by atoms with Crippen molar-refractivity contribution in [3.05, 3.63) is 0 Å². The molecule has 0 aromatic carbocycles. The van der Waals surface area contributed by atoms with Crippen LogP contribution in [0.3, 0.4) is 0 Å². The van der Waals surface area contributed by atoms with E-state index in [-0.39, 0.29) is 6.10 Å². The van der Waals surface area contributed by atoms with E-state index in [2.05, 4.69) is 0 Å². The van der Waals surface area contributed by atoms with E-state index in [0.29, 0.717) is 0 Å². The summed E-state index contributed by atoms with van der Waals surface area (Å²) in [7, 11) is 0. The van der Waals surface area contributed by atoms with Gasteiger partial charge in [-0.25, -0.2) is 0 Å². The number of hydrogen-bond acceptors (Lipinski definition) is 1. The van der Waals surface area contributed by atoms with Crippen LogP contribution in [0.25, 0.3) is 0 Å². The molecule has 1 heteroatoms. The van der Waals surface area contributed by atoms with Gasteiger partial charge in [-0.3, -0.25) is 0 Å². The highest BCUT2D eigenvalue weighted by atomic mass is 16.3. The smallest absolute Gasteiger partial charge is 0.0603 e. The largest absolute Gasteiger partial charge is 0.393 e. The molecule has 0 saturated heterocycles. The fourth-order valence-electron chi connectivity index (χ4n) is 1.78. The van der Waals surface area contributed by atoms with Gasteiger partial charge in [0, 0.05) is 0 Å². The zero-order chi connectivity index (χ0) is 4.85. The van der Waals surface area contributed by atoms with E-state index in [9.17, 15) is 0 Å². The van der Waals surface area contributed by atoms with E-state index in [0.717, 1.165) is 11.8 Å². The Morgan fingerprint density at radius 1 is 1.14 bits per heavy atom. The first kappa shape index (κ1) is 3.90. The van der Waals surface area contributed by atoms with E-state index >= 15 is 0 Å². The highest BCUT2D eigenvalue weighted by molar-refractivity contribution is 5.01. The minimum absolute atomic E-state index is 0.119. The van der Waals surface area contributed by atoms with Crippen LogP contribution in [0.2, 0.25) is 0 Å². The van der Waals surface area contributed by atoms with Gasteiger partial charge in [-0.05, 0) is 24.7 Å². The SMILES string of the molecule is OC1[C@H]2CCC[C@@H]12. The summed E-state index contributed by atoms with van der Waals surface area (Å²) < 4.78 is 0. The molecule has 0 amide bonds. The van der Waals surface area contributed by atoms with Crippen molar-refractivity contribution < 1.29 is 5.11 Å². The zero-order valence-corrected chi connectivity index (χ0v) is 4.30. The Kier molecular flexibility index (Phi) is 0.571. The Bertz CT molecular complexity index is 80.2. The van der Waals surface area contributed by atoms with Crippen LogP contribution < -0.4 is 0 Å². The molecule has 2 rings (SSSR count). The molecule has 2 aliphatic carbocycles. The third-order valence-corrected chi connectivity index (χ3v) is 2.36. The van der Waals surface area contributed by atoms with Crippen molar-refractivity contribution in [1.82, 2.24) is 0 Å². The van der Waals surface area contributed by atoms with Crippen LogP contribution in [0.5, 0.6) is 0 Å². The summed E-state index contributed by atoms with van der Waals surface area (Å²) in [5.74, 6) is 1.47. The molecule has 0 spiro atoms. The van der Waals surface area contributed by atoms with E-state index in [1.54, 1.807) is 0 Å². The Morgan fingerprint density at radius 3 is 2.00 bits per heavy atom. The van der Waals surface area contributed by atoms with Crippen molar-refractivity contribution in [3.63, 3.8) is 0 Å². The molecule has 40 valence electrons.